The van der Waals surface area contributed by atoms with Crippen molar-refractivity contribution in [2.45, 2.75) is 12.6 Å². The highest BCUT2D eigenvalue weighted by atomic mass is 32.1. The molecule has 0 saturated carbocycles. The van der Waals surface area contributed by atoms with Crippen LogP contribution in [0.15, 0.2) is 0 Å². The third-order valence-electron chi connectivity index (χ3n) is 1.33. The lowest BCUT2D eigenvalue weighted by molar-refractivity contribution is 0.321. The normalized spacial score (nSPS) is 27.3. The molecule has 1 aliphatic rings. The minimum Gasteiger partial charge on any atom is -0.303 e. The Morgan fingerprint density at radius 2 is 2.11 bits per heavy atom. The van der Waals surface area contributed by atoms with Gasteiger partial charge in [0.25, 0.3) is 0 Å². The van der Waals surface area contributed by atoms with Gasteiger partial charge in [0, 0.05) is 13.1 Å². The van der Waals surface area contributed by atoms with Crippen LogP contribution in [-0.2, 0) is 0 Å². The molecule has 1 nitrogen and oxygen atoms in total. The molecule has 0 amide bonds. The molecule has 1 rings (SSSR count). The van der Waals surface area contributed by atoms with Gasteiger partial charge in [0.05, 0.1) is 0 Å². The molecule has 0 spiro atoms. The number of alkyl halides is 1. The molecule has 1 unspecified atom stereocenters. The zero-order valence-corrected chi connectivity index (χ0v) is 6.87. The first-order chi connectivity index (χ1) is 4.29. The smallest absolute Gasteiger partial charge is 0.114 e. The molecule has 0 aromatic carbocycles. The zero-order valence-electron chi connectivity index (χ0n) is 5.97. The van der Waals surface area contributed by atoms with Crippen LogP contribution >= 0.6 is 12.6 Å². The van der Waals surface area contributed by atoms with Crippen LogP contribution < -0.4 is 0 Å². The lowest BCUT2D eigenvalue weighted by Gasteiger charge is -2.01. The van der Waals surface area contributed by atoms with Gasteiger partial charge in [0.15, 0.2) is 0 Å². The van der Waals surface area contributed by atoms with E-state index in [0.29, 0.717) is 6.54 Å². The van der Waals surface area contributed by atoms with Crippen LogP contribution in [-0.4, -0.2) is 37.5 Å². The molecule has 1 saturated heterocycles. The number of halogens is 1. The number of thiol groups is 1. The largest absolute Gasteiger partial charge is 0.303 e. The van der Waals surface area contributed by atoms with Crippen molar-refractivity contribution in [1.82, 2.24) is 4.90 Å². The van der Waals surface area contributed by atoms with Crippen molar-refractivity contribution in [3.8, 4) is 0 Å². The molecular weight excluding hydrogens is 137 g/mol. The van der Waals surface area contributed by atoms with E-state index in [4.69, 9.17) is 0 Å². The maximum absolute atomic E-state index is 12.1. The van der Waals surface area contributed by atoms with Crippen molar-refractivity contribution < 1.29 is 4.39 Å². The molecule has 9 heavy (non-hydrogen) atoms. The second-order valence-corrected chi connectivity index (χ2v) is 2.15. The monoisotopic (exact) mass is 151 g/mol. The summed E-state index contributed by atoms with van der Waals surface area (Å²) in [5.74, 6) is 0. The van der Waals surface area contributed by atoms with Crippen LogP contribution in [0, 0.1) is 0 Å². The van der Waals surface area contributed by atoms with E-state index in [1.165, 1.54) is 0 Å². The van der Waals surface area contributed by atoms with Crippen molar-refractivity contribution in [2.24, 2.45) is 0 Å². The van der Waals surface area contributed by atoms with Crippen LogP contribution in [0.3, 0.4) is 0 Å². The Morgan fingerprint density at radius 1 is 1.56 bits per heavy atom. The molecule has 0 aliphatic carbocycles. The van der Waals surface area contributed by atoms with Crippen LogP contribution in [0.5, 0.6) is 0 Å². The molecule has 0 aromatic rings. The first-order valence-electron chi connectivity index (χ1n) is 3.06. The summed E-state index contributed by atoms with van der Waals surface area (Å²) in [7, 11) is 1.94. The quantitative estimate of drug-likeness (QED) is 0.509. The molecule has 0 aromatic heterocycles. The third kappa shape index (κ3) is 3.76. The molecule has 1 fully saturated rings. The van der Waals surface area contributed by atoms with Gasteiger partial charge in [-0.25, -0.2) is 4.39 Å². The van der Waals surface area contributed by atoms with Crippen LogP contribution in [0.25, 0.3) is 0 Å². The Hall–Kier alpha value is 0.240. The molecular formula is C6H14FNS. The van der Waals surface area contributed by atoms with Gasteiger partial charge in [-0.1, -0.05) is 0 Å². The van der Waals surface area contributed by atoms with Gasteiger partial charge in [-0.05, 0) is 19.7 Å². The zero-order chi connectivity index (χ0) is 7.28. The molecule has 0 radical (unpaired) electrons. The van der Waals surface area contributed by atoms with E-state index in [-0.39, 0.29) is 0 Å². The Balaban J connectivity index is 0.000000291. The Morgan fingerprint density at radius 3 is 2.22 bits per heavy atom. The third-order valence-corrected chi connectivity index (χ3v) is 1.33. The predicted octanol–water partition coefficient (Wildman–Crippen LogP) is 1.21. The van der Waals surface area contributed by atoms with E-state index in [0.717, 1.165) is 13.0 Å². The average molecular weight is 151 g/mol. The molecule has 56 valence electrons. The minimum absolute atomic E-state index is 0.551. The van der Waals surface area contributed by atoms with E-state index in [1.54, 1.807) is 6.26 Å². The van der Waals surface area contributed by atoms with E-state index < -0.39 is 6.17 Å². The predicted molar refractivity (Wildman–Crippen MR) is 41.9 cm³/mol. The van der Waals surface area contributed by atoms with Crippen molar-refractivity contribution in [1.29, 1.82) is 0 Å². The Bertz CT molecular complexity index is 62.1. The second kappa shape index (κ2) is 5.06. The van der Waals surface area contributed by atoms with E-state index in [9.17, 15) is 4.39 Å². The fourth-order valence-corrected chi connectivity index (χ4v) is 0.881. The van der Waals surface area contributed by atoms with E-state index in [1.807, 2.05) is 11.9 Å². The summed E-state index contributed by atoms with van der Waals surface area (Å²) < 4.78 is 12.1. The standard InChI is InChI=1S/C5H10FN.CH4S/c1-7-3-2-5(6)4-7;1-2/h5H,2-4H2,1H3;2H,1H3. The van der Waals surface area contributed by atoms with Crippen molar-refractivity contribution in [2.75, 3.05) is 26.4 Å². The number of hydrogen-bond acceptors (Lipinski definition) is 2. The summed E-state index contributed by atoms with van der Waals surface area (Å²) >= 11 is 3.53. The molecule has 1 heterocycles. The van der Waals surface area contributed by atoms with Gasteiger partial charge in [-0.15, -0.1) is 0 Å². The molecule has 1 atom stereocenters. The number of likely N-dealkylation sites (tertiary alicyclic amines) is 1. The molecule has 3 heteroatoms. The van der Waals surface area contributed by atoms with Crippen molar-refractivity contribution in [3.63, 3.8) is 0 Å². The number of nitrogens with zero attached hydrogens (tertiary/aromatic N) is 1. The summed E-state index contributed by atoms with van der Waals surface area (Å²) in [5, 5.41) is 0. The van der Waals surface area contributed by atoms with E-state index >= 15 is 0 Å². The molecule has 1 aliphatic heterocycles. The van der Waals surface area contributed by atoms with Gasteiger partial charge >= 0.3 is 0 Å². The van der Waals surface area contributed by atoms with Gasteiger partial charge < -0.3 is 4.90 Å². The summed E-state index contributed by atoms with van der Waals surface area (Å²) in [4.78, 5) is 2.00. The summed E-state index contributed by atoms with van der Waals surface area (Å²) in [5.41, 5.74) is 0. The lowest BCUT2D eigenvalue weighted by atomic mass is 10.4. The first-order valence-corrected chi connectivity index (χ1v) is 3.96. The highest BCUT2D eigenvalue weighted by Gasteiger charge is 2.17. The highest BCUT2D eigenvalue weighted by Crippen LogP contribution is 2.08. The SMILES string of the molecule is CN1CCC(F)C1.CS. The van der Waals surface area contributed by atoms with Crippen LogP contribution in [0.2, 0.25) is 0 Å². The van der Waals surface area contributed by atoms with Gasteiger partial charge in [-0.2, -0.15) is 12.6 Å². The second-order valence-electron chi connectivity index (χ2n) is 2.15. The minimum atomic E-state index is -0.551. The first kappa shape index (κ1) is 9.24. The average Bonchev–Trinajstić information content (AvgIpc) is 2.20. The fourth-order valence-electron chi connectivity index (χ4n) is 0.881. The number of hydrogen-bond donors (Lipinski definition) is 1. The van der Waals surface area contributed by atoms with Crippen molar-refractivity contribution in [3.05, 3.63) is 0 Å². The fraction of sp³-hybridized carbons (Fsp3) is 1.00. The summed E-state index contributed by atoms with van der Waals surface area (Å²) in [6.45, 7) is 1.57. The van der Waals surface area contributed by atoms with Gasteiger partial charge in [-0.3, -0.25) is 0 Å². The lowest BCUT2D eigenvalue weighted by Crippen LogP contribution is -2.13. The maximum Gasteiger partial charge on any atom is 0.114 e. The maximum atomic E-state index is 12.1. The van der Waals surface area contributed by atoms with Crippen molar-refractivity contribution >= 4 is 12.6 Å². The van der Waals surface area contributed by atoms with E-state index in [2.05, 4.69) is 12.6 Å². The van der Waals surface area contributed by atoms with Gasteiger partial charge in [0.1, 0.15) is 6.17 Å². The number of rotatable bonds is 0. The summed E-state index contributed by atoms with van der Waals surface area (Å²) in [6, 6.07) is 0. The molecule has 0 N–H and O–H groups in total. The van der Waals surface area contributed by atoms with Gasteiger partial charge in [0.2, 0.25) is 0 Å². The Labute approximate surface area is 61.6 Å². The molecule has 0 bridgehead atoms. The van der Waals surface area contributed by atoms with Crippen LogP contribution in [0.4, 0.5) is 4.39 Å². The Kier molecular flexibility index (Phi) is 5.19. The van der Waals surface area contributed by atoms with Crippen LogP contribution in [0.1, 0.15) is 6.42 Å². The highest BCUT2D eigenvalue weighted by molar-refractivity contribution is 7.79. The summed E-state index contributed by atoms with van der Waals surface area (Å²) in [6.07, 6.45) is 1.88. The topological polar surface area (TPSA) is 3.24 Å².